The van der Waals surface area contributed by atoms with Crippen LogP contribution in [0.1, 0.15) is 33.1 Å². The molecule has 20 heavy (non-hydrogen) atoms. The Morgan fingerprint density at radius 2 is 2.05 bits per heavy atom. The van der Waals surface area contributed by atoms with E-state index in [9.17, 15) is 0 Å². The molecular weight excluding hydrogens is 264 g/mol. The smallest absolute Gasteiger partial charge is 0.0946 e. The molecule has 1 aliphatic carbocycles. The highest BCUT2D eigenvalue weighted by atomic mass is 32.1. The number of fused-ring (bicyclic) bond motifs is 1. The third-order valence-electron chi connectivity index (χ3n) is 4.47. The molecule has 3 heteroatoms. The lowest BCUT2D eigenvalue weighted by molar-refractivity contribution is 0.372. The standard InChI is InChI=1S/C17H22N2S/c1-11-12(2)20-17(19-11)10-16(18)15-8-7-13-5-3-4-6-14(13)9-15/h3-6,15-16H,7-10,18H2,1-2H3. The molecule has 2 N–H and O–H groups in total. The van der Waals surface area contributed by atoms with E-state index in [0.29, 0.717) is 5.92 Å². The number of hydrogen-bond acceptors (Lipinski definition) is 3. The number of nitrogens with two attached hydrogens (primary N) is 1. The van der Waals surface area contributed by atoms with Gasteiger partial charge in [0.25, 0.3) is 0 Å². The van der Waals surface area contributed by atoms with Gasteiger partial charge in [-0.25, -0.2) is 4.98 Å². The fourth-order valence-corrected chi connectivity index (χ4v) is 4.09. The van der Waals surface area contributed by atoms with Gasteiger partial charge in [0.1, 0.15) is 0 Å². The van der Waals surface area contributed by atoms with Crippen LogP contribution in [0.15, 0.2) is 24.3 Å². The maximum Gasteiger partial charge on any atom is 0.0946 e. The second-order valence-electron chi connectivity index (χ2n) is 5.89. The van der Waals surface area contributed by atoms with E-state index >= 15 is 0 Å². The molecule has 0 saturated heterocycles. The molecule has 2 nitrogen and oxygen atoms in total. The average Bonchev–Trinajstić information content (AvgIpc) is 2.76. The van der Waals surface area contributed by atoms with E-state index < -0.39 is 0 Å². The zero-order valence-electron chi connectivity index (χ0n) is 12.2. The summed E-state index contributed by atoms with van der Waals surface area (Å²) in [5.74, 6) is 0.592. The first-order valence-corrected chi connectivity index (χ1v) is 8.20. The third-order valence-corrected chi connectivity index (χ3v) is 5.57. The van der Waals surface area contributed by atoms with Gasteiger partial charge >= 0.3 is 0 Å². The second kappa shape index (κ2) is 5.66. The van der Waals surface area contributed by atoms with E-state index in [4.69, 9.17) is 5.73 Å². The van der Waals surface area contributed by atoms with Crippen LogP contribution < -0.4 is 5.73 Å². The topological polar surface area (TPSA) is 38.9 Å². The maximum atomic E-state index is 6.46. The van der Waals surface area contributed by atoms with Gasteiger partial charge in [-0.15, -0.1) is 11.3 Å². The number of hydrogen-bond donors (Lipinski definition) is 1. The van der Waals surface area contributed by atoms with Crippen LogP contribution >= 0.6 is 11.3 Å². The first-order chi connectivity index (χ1) is 9.63. The normalized spacial score (nSPS) is 19.6. The van der Waals surface area contributed by atoms with Crippen molar-refractivity contribution in [2.45, 2.75) is 45.6 Å². The van der Waals surface area contributed by atoms with Crippen LogP contribution in [-0.2, 0) is 19.3 Å². The van der Waals surface area contributed by atoms with Gasteiger partial charge < -0.3 is 5.73 Å². The largest absolute Gasteiger partial charge is 0.327 e. The maximum absolute atomic E-state index is 6.46. The van der Waals surface area contributed by atoms with E-state index in [1.54, 1.807) is 11.3 Å². The van der Waals surface area contributed by atoms with Gasteiger partial charge in [-0.3, -0.25) is 0 Å². The lowest BCUT2D eigenvalue weighted by Gasteiger charge is -2.29. The number of benzene rings is 1. The molecule has 0 bridgehead atoms. The van der Waals surface area contributed by atoms with Gasteiger partial charge in [-0.05, 0) is 50.2 Å². The van der Waals surface area contributed by atoms with Crippen LogP contribution in [0.5, 0.6) is 0 Å². The van der Waals surface area contributed by atoms with Crippen LogP contribution in [0.3, 0.4) is 0 Å². The molecule has 1 heterocycles. The summed E-state index contributed by atoms with van der Waals surface area (Å²) >= 11 is 1.80. The molecule has 0 spiro atoms. The van der Waals surface area contributed by atoms with Crippen molar-refractivity contribution < 1.29 is 0 Å². The van der Waals surface area contributed by atoms with E-state index in [-0.39, 0.29) is 6.04 Å². The van der Waals surface area contributed by atoms with Crippen molar-refractivity contribution in [1.82, 2.24) is 4.98 Å². The zero-order valence-corrected chi connectivity index (χ0v) is 13.0. The Bertz CT molecular complexity index is 583. The lowest BCUT2D eigenvalue weighted by Crippen LogP contribution is -2.35. The van der Waals surface area contributed by atoms with E-state index in [0.717, 1.165) is 18.5 Å². The molecule has 0 amide bonds. The van der Waals surface area contributed by atoms with Gasteiger partial charge in [0.05, 0.1) is 10.7 Å². The Labute approximate surface area is 125 Å². The van der Waals surface area contributed by atoms with E-state index in [1.807, 2.05) is 0 Å². The van der Waals surface area contributed by atoms with Crippen LogP contribution in [0.2, 0.25) is 0 Å². The summed E-state index contributed by atoms with van der Waals surface area (Å²) < 4.78 is 0. The molecule has 2 unspecified atom stereocenters. The molecule has 106 valence electrons. The molecule has 2 aromatic rings. The van der Waals surface area contributed by atoms with Gasteiger partial charge in [0.15, 0.2) is 0 Å². The Morgan fingerprint density at radius 3 is 2.75 bits per heavy atom. The number of aromatic nitrogens is 1. The molecule has 0 fully saturated rings. The molecule has 0 saturated carbocycles. The first kappa shape index (κ1) is 13.8. The Balaban J connectivity index is 1.68. The minimum Gasteiger partial charge on any atom is -0.327 e. The van der Waals surface area contributed by atoms with Crippen LogP contribution in [0.25, 0.3) is 0 Å². The quantitative estimate of drug-likeness (QED) is 0.939. The van der Waals surface area contributed by atoms with Crippen molar-refractivity contribution in [3.05, 3.63) is 51.0 Å². The summed E-state index contributed by atoms with van der Waals surface area (Å²) in [6.45, 7) is 4.22. The molecule has 0 radical (unpaired) electrons. The molecule has 0 aliphatic heterocycles. The van der Waals surface area contributed by atoms with Crippen molar-refractivity contribution in [3.63, 3.8) is 0 Å². The fraction of sp³-hybridized carbons (Fsp3) is 0.471. The molecule has 1 aromatic heterocycles. The minimum absolute atomic E-state index is 0.230. The summed E-state index contributed by atoms with van der Waals surface area (Å²) in [4.78, 5) is 5.95. The first-order valence-electron chi connectivity index (χ1n) is 7.38. The van der Waals surface area contributed by atoms with Crippen LogP contribution in [-0.4, -0.2) is 11.0 Å². The van der Waals surface area contributed by atoms with E-state index in [1.165, 1.54) is 33.9 Å². The monoisotopic (exact) mass is 286 g/mol. The molecule has 1 aliphatic rings. The van der Waals surface area contributed by atoms with Crippen molar-refractivity contribution >= 4 is 11.3 Å². The minimum atomic E-state index is 0.230. The summed E-state index contributed by atoms with van der Waals surface area (Å²) in [5.41, 5.74) is 10.6. The number of nitrogens with zero attached hydrogens (tertiary/aromatic N) is 1. The highest BCUT2D eigenvalue weighted by Crippen LogP contribution is 2.28. The molecule has 2 atom stereocenters. The summed E-state index contributed by atoms with van der Waals surface area (Å²) in [6, 6.07) is 9.02. The van der Waals surface area contributed by atoms with Crippen molar-refractivity contribution in [2.24, 2.45) is 11.7 Å². The lowest BCUT2D eigenvalue weighted by atomic mass is 9.79. The van der Waals surface area contributed by atoms with Gasteiger partial charge in [0.2, 0.25) is 0 Å². The zero-order chi connectivity index (χ0) is 14.1. The van der Waals surface area contributed by atoms with Crippen molar-refractivity contribution in [1.29, 1.82) is 0 Å². The average molecular weight is 286 g/mol. The number of thiazole rings is 1. The third kappa shape index (κ3) is 2.79. The Morgan fingerprint density at radius 1 is 1.30 bits per heavy atom. The fourth-order valence-electron chi connectivity index (χ4n) is 3.09. The summed E-state index contributed by atoms with van der Waals surface area (Å²) in [6.07, 6.45) is 4.43. The van der Waals surface area contributed by atoms with Crippen LogP contribution in [0, 0.1) is 19.8 Å². The molecule has 3 rings (SSSR count). The van der Waals surface area contributed by atoms with Gasteiger partial charge in [-0.2, -0.15) is 0 Å². The second-order valence-corrected chi connectivity index (χ2v) is 7.18. The number of rotatable bonds is 3. The molecular formula is C17H22N2S. The SMILES string of the molecule is Cc1nc(CC(N)C2CCc3ccccc3C2)sc1C. The highest BCUT2D eigenvalue weighted by molar-refractivity contribution is 7.11. The van der Waals surface area contributed by atoms with Gasteiger partial charge in [0, 0.05) is 17.3 Å². The number of aryl methyl sites for hydroxylation is 3. The molecule has 1 aromatic carbocycles. The predicted molar refractivity (Wildman–Crippen MR) is 85.2 cm³/mol. The van der Waals surface area contributed by atoms with Gasteiger partial charge in [-0.1, -0.05) is 24.3 Å². The highest BCUT2D eigenvalue weighted by Gasteiger charge is 2.24. The van der Waals surface area contributed by atoms with Crippen molar-refractivity contribution in [3.8, 4) is 0 Å². The summed E-state index contributed by atoms with van der Waals surface area (Å²) in [7, 11) is 0. The summed E-state index contributed by atoms with van der Waals surface area (Å²) in [5, 5.41) is 1.20. The predicted octanol–water partition coefficient (Wildman–Crippen LogP) is 3.43. The van der Waals surface area contributed by atoms with E-state index in [2.05, 4.69) is 43.1 Å². The Kier molecular flexibility index (Phi) is 3.90. The van der Waals surface area contributed by atoms with Crippen molar-refractivity contribution in [2.75, 3.05) is 0 Å². The Hall–Kier alpha value is -1.19. The van der Waals surface area contributed by atoms with Crippen LogP contribution in [0.4, 0.5) is 0 Å².